The van der Waals surface area contributed by atoms with E-state index in [1.807, 2.05) is 24.3 Å². The van der Waals surface area contributed by atoms with Crippen molar-refractivity contribution in [2.75, 3.05) is 26.2 Å². The normalized spacial score (nSPS) is 23.0. The lowest BCUT2D eigenvalue weighted by Gasteiger charge is -2.38. The van der Waals surface area contributed by atoms with Gasteiger partial charge in [0.15, 0.2) is 5.01 Å². The summed E-state index contributed by atoms with van der Waals surface area (Å²) in [7, 11) is 0. The molecule has 2 fully saturated rings. The first kappa shape index (κ1) is 18.9. The summed E-state index contributed by atoms with van der Waals surface area (Å²) < 4.78 is 0.983. The molecule has 1 aromatic heterocycles. The Balaban J connectivity index is 1.39. The van der Waals surface area contributed by atoms with E-state index in [2.05, 4.69) is 4.98 Å². The SMILES string of the molecule is O=C(O)[C@H]1CCCC[C@@H]1C(=O)N1CCN(C(=O)c2nc3ccccc3s2)CC1. The van der Waals surface area contributed by atoms with Crippen LogP contribution in [-0.4, -0.2) is 63.9 Å². The van der Waals surface area contributed by atoms with E-state index in [4.69, 9.17) is 0 Å². The maximum absolute atomic E-state index is 12.9. The quantitative estimate of drug-likeness (QED) is 0.853. The number of para-hydroxylation sites is 1. The summed E-state index contributed by atoms with van der Waals surface area (Å²) in [5, 5.41) is 9.90. The largest absolute Gasteiger partial charge is 0.481 e. The average molecular weight is 401 g/mol. The first-order valence-corrected chi connectivity index (χ1v) is 10.5. The molecule has 0 unspecified atom stereocenters. The molecule has 2 aliphatic rings. The molecule has 0 bridgehead atoms. The van der Waals surface area contributed by atoms with Crippen LogP contribution in [0, 0.1) is 11.8 Å². The van der Waals surface area contributed by atoms with Crippen molar-refractivity contribution in [1.82, 2.24) is 14.8 Å². The van der Waals surface area contributed by atoms with E-state index in [9.17, 15) is 19.5 Å². The van der Waals surface area contributed by atoms with Crippen LogP contribution in [0.5, 0.6) is 0 Å². The molecule has 4 rings (SSSR count). The van der Waals surface area contributed by atoms with E-state index in [-0.39, 0.29) is 11.8 Å². The van der Waals surface area contributed by atoms with Gasteiger partial charge in [0.1, 0.15) is 0 Å². The number of hydrogen-bond donors (Lipinski definition) is 1. The molecule has 2 aromatic rings. The van der Waals surface area contributed by atoms with Crippen LogP contribution in [-0.2, 0) is 9.59 Å². The molecule has 7 nitrogen and oxygen atoms in total. The van der Waals surface area contributed by atoms with E-state index < -0.39 is 17.8 Å². The highest BCUT2D eigenvalue weighted by Gasteiger charge is 2.39. The number of rotatable bonds is 3. The van der Waals surface area contributed by atoms with Crippen molar-refractivity contribution < 1.29 is 19.5 Å². The van der Waals surface area contributed by atoms with Gasteiger partial charge in [-0.3, -0.25) is 14.4 Å². The minimum absolute atomic E-state index is 0.0702. The zero-order chi connectivity index (χ0) is 19.7. The molecule has 1 aliphatic heterocycles. The number of carboxylic acids is 1. The standard InChI is InChI=1S/C20H23N3O4S/c24-18(13-5-1-2-6-14(13)20(26)27)22-9-11-23(12-10-22)19(25)17-21-15-7-3-4-8-16(15)28-17/h3-4,7-8,13-14H,1-2,5-6,9-12H2,(H,26,27)/t13-,14-/m0/s1. The fraction of sp³-hybridized carbons (Fsp3) is 0.500. The summed E-state index contributed by atoms with van der Waals surface area (Å²) in [4.78, 5) is 45.0. The molecule has 0 spiro atoms. The van der Waals surface area contributed by atoms with Gasteiger partial charge in [0.05, 0.1) is 22.1 Å². The van der Waals surface area contributed by atoms with Crippen LogP contribution >= 0.6 is 11.3 Å². The molecule has 28 heavy (non-hydrogen) atoms. The lowest BCUT2D eigenvalue weighted by molar-refractivity contribution is -0.152. The molecule has 2 amide bonds. The minimum atomic E-state index is -0.873. The van der Waals surface area contributed by atoms with Crippen molar-refractivity contribution in [2.45, 2.75) is 25.7 Å². The number of fused-ring (bicyclic) bond motifs is 1. The number of nitrogens with zero attached hydrogens (tertiary/aromatic N) is 3. The number of piperazine rings is 1. The number of aliphatic carboxylic acids is 1. The van der Waals surface area contributed by atoms with E-state index in [1.165, 1.54) is 11.3 Å². The van der Waals surface area contributed by atoms with Gasteiger partial charge in [-0.25, -0.2) is 4.98 Å². The number of aromatic nitrogens is 1. The Kier molecular flexibility index (Phi) is 5.30. The molecular formula is C20H23N3O4S. The van der Waals surface area contributed by atoms with Crippen molar-refractivity contribution in [3.05, 3.63) is 29.3 Å². The van der Waals surface area contributed by atoms with E-state index in [0.29, 0.717) is 44.0 Å². The van der Waals surface area contributed by atoms with Crippen LogP contribution in [0.1, 0.15) is 35.5 Å². The molecule has 1 aliphatic carbocycles. The third kappa shape index (κ3) is 3.61. The molecule has 1 saturated carbocycles. The van der Waals surface area contributed by atoms with Crippen LogP contribution in [0.25, 0.3) is 10.2 Å². The van der Waals surface area contributed by atoms with Crippen molar-refractivity contribution >= 4 is 39.3 Å². The Labute approximate surface area is 167 Å². The topological polar surface area (TPSA) is 90.8 Å². The molecule has 1 aromatic carbocycles. The zero-order valence-electron chi connectivity index (χ0n) is 15.5. The Morgan fingerprint density at radius 2 is 1.61 bits per heavy atom. The first-order chi connectivity index (χ1) is 13.5. The fourth-order valence-electron chi connectivity index (χ4n) is 4.19. The van der Waals surface area contributed by atoms with E-state index >= 15 is 0 Å². The first-order valence-electron chi connectivity index (χ1n) is 9.71. The minimum Gasteiger partial charge on any atom is -0.481 e. The predicted octanol–water partition coefficient (Wildman–Crippen LogP) is 2.47. The summed E-state index contributed by atoms with van der Waals surface area (Å²) in [6, 6.07) is 7.66. The van der Waals surface area contributed by atoms with Crippen LogP contribution in [0.15, 0.2) is 24.3 Å². The van der Waals surface area contributed by atoms with Gasteiger partial charge in [-0.1, -0.05) is 25.0 Å². The number of carbonyl (C=O) groups is 3. The number of amides is 2. The van der Waals surface area contributed by atoms with E-state index in [0.717, 1.165) is 23.1 Å². The summed E-state index contributed by atoms with van der Waals surface area (Å²) >= 11 is 1.38. The smallest absolute Gasteiger partial charge is 0.307 e. The molecule has 1 N–H and O–H groups in total. The van der Waals surface area contributed by atoms with Gasteiger partial charge in [-0.2, -0.15) is 0 Å². The lowest BCUT2D eigenvalue weighted by atomic mass is 9.78. The van der Waals surface area contributed by atoms with Crippen molar-refractivity contribution in [2.24, 2.45) is 11.8 Å². The monoisotopic (exact) mass is 401 g/mol. The lowest BCUT2D eigenvalue weighted by Crippen LogP contribution is -2.53. The van der Waals surface area contributed by atoms with Gasteiger partial charge in [0.2, 0.25) is 5.91 Å². The zero-order valence-corrected chi connectivity index (χ0v) is 16.4. The van der Waals surface area contributed by atoms with Gasteiger partial charge in [-0.05, 0) is 25.0 Å². The molecule has 0 radical (unpaired) electrons. The third-order valence-corrected chi connectivity index (χ3v) is 6.78. The van der Waals surface area contributed by atoms with Gasteiger partial charge in [0, 0.05) is 26.2 Å². The Morgan fingerprint density at radius 3 is 2.29 bits per heavy atom. The van der Waals surface area contributed by atoms with Gasteiger partial charge >= 0.3 is 5.97 Å². The summed E-state index contributed by atoms with van der Waals surface area (Å²) in [6.07, 6.45) is 2.98. The molecule has 148 valence electrons. The molecule has 2 heterocycles. The second-order valence-corrected chi connectivity index (χ2v) is 8.47. The second-order valence-electron chi connectivity index (χ2n) is 7.44. The Bertz CT molecular complexity index is 871. The van der Waals surface area contributed by atoms with Crippen LogP contribution in [0.2, 0.25) is 0 Å². The Morgan fingerprint density at radius 1 is 0.964 bits per heavy atom. The highest BCUT2D eigenvalue weighted by atomic mass is 32.1. The molecule has 8 heteroatoms. The van der Waals surface area contributed by atoms with Gasteiger partial charge in [0.25, 0.3) is 5.91 Å². The van der Waals surface area contributed by atoms with Gasteiger partial charge in [-0.15, -0.1) is 11.3 Å². The predicted molar refractivity (Wildman–Crippen MR) is 105 cm³/mol. The Hall–Kier alpha value is -2.48. The number of carbonyl (C=O) groups excluding carboxylic acids is 2. The fourth-order valence-corrected chi connectivity index (χ4v) is 5.12. The number of benzene rings is 1. The molecular weight excluding hydrogens is 378 g/mol. The maximum Gasteiger partial charge on any atom is 0.307 e. The number of hydrogen-bond acceptors (Lipinski definition) is 5. The molecule has 2 atom stereocenters. The summed E-state index contributed by atoms with van der Waals surface area (Å²) in [6.45, 7) is 1.78. The summed E-state index contributed by atoms with van der Waals surface area (Å²) in [5.74, 6) is -2.06. The highest BCUT2D eigenvalue weighted by Crippen LogP contribution is 2.32. The van der Waals surface area contributed by atoms with Gasteiger partial charge < -0.3 is 14.9 Å². The highest BCUT2D eigenvalue weighted by molar-refractivity contribution is 7.20. The van der Waals surface area contributed by atoms with Crippen LogP contribution < -0.4 is 0 Å². The van der Waals surface area contributed by atoms with Crippen molar-refractivity contribution in [1.29, 1.82) is 0 Å². The van der Waals surface area contributed by atoms with Crippen LogP contribution in [0.4, 0.5) is 0 Å². The van der Waals surface area contributed by atoms with Crippen molar-refractivity contribution in [3.63, 3.8) is 0 Å². The second kappa shape index (κ2) is 7.87. The molecule has 1 saturated heterocycles. The van der Waals surface area contributed by atoms with Crippen LogP contribution in [0.3, 0.4) is 0 Å². The van der Waals surface area contributed by atoms with Crippen molar-refractivity contribution in [3.8, 4) is 0 Å². The third-order valence-electron chi connectivity index (χ3n) is 5.76. The number of thiazole rings is 1. The summed E-state index contributed by atoms with van der Waals surface area (Å²) in [5.41, 5.74) is 0.821. The van der Waals surface area contributed by atoms with E-state index in [1.54, 1.807) is 9.80 Å². The maximum atomic E-state index is 12.9. The number of carboxylic acid groups (broad SMARTS) is 1. The average Bonchev–Trinajstić information content (AvgIpc) is 3.17.